The lowest BCUT2D eigenvalue weighted by atomic mass is 9.94. The third-order valence-electron chi connectivity index (χ3n) is 3.54. The van der Waals surface area contributed by atoms with E-state index >= 15 is 0 Å². The Morgan fingerprint density at radius 1 is 0.920 bits per heavy atom. The average molecular weight is 395 g/mol. The molecule has 0 amide bonds. The Kier molecular flexibility index (Phi) is 5.75. The van der Waals surface area contributed by atoms with Crippen molar-refractivity contribution < 1.29 is 53.0 Å². The molecule has 148 valence electrons. The molecule has 1 rings (SSSR count). The molecule has 2 nitrogen and oxygen atoms in total. The molecule has 1 fully saturated rings. The second-order valence-corrected chi connectivity index (χ2v) is 5.48. The monoisotopic (exact) mass is 395 g/mol. The summed E-state index contributed by atoms with van der Waals surface area (Å²) in [7, 11) is 0. The van der Waals surface area contributed by atoms with Crippen molar-refractivity contribution in [3.63, 3.8) is 0 Å². The van der Waals surface area contributed by atoms with Gasteiger partial charge in [0.2, 0.25) is 6.30 Å². The molecule has 25 heavy (non-hydrogen) atoms. The first kappa shape index (κ1) is 21.9. The van der Waals surface area contributed by atoms with Crippen molar-refractivity contribution in [3.8, 4) is 0 Å². The Balaban J connectivity index is 3.26. The first-order valence-corrected chi connectivity index (χ1v) is 6.51. The molecule has 4 atom stereocenters. The van der Waals surface area contributed by atoms with Crippen LogP contribution < -0.4 is 0 Å². The van der Waals surface area contributed by atoms with Gasteiger partial charge in [0.25, 0.3) is 5.67 Å². The zero-order valence-electron chi connectivity index (χ0n) is 12.4. The van der Waals surface area contributed by atoms with Gasteiger partial charge in [-0.1, -0.05) is 6.58 Å². The molecular weight excluding hydrogens is 383 g/mol. The maximum Gasteiger partial charge on any atom is 0.430 e. The summed E-state index contributed by atoms with van der Waals surface area (Å²) in [5.74, 6) is 0. The first-order valence-electron chi connectivity index (χ1n) is 6.51. The average Bonchev–Trinajstić information content (AvgIpc) is 2.41. The third kappa shape index (κ3) is 4.36. The van der Waals surface area contributed by atoms with E-state index in [-0.39, 0.29) is 0 Å². The molecule has 13 heteroatoms. The lowest BCUT2D eigenvalue weighted by Gasteiger charge is -2.44. The summed E-state index contributed by atoms with van der Waals surface area (Å²) in [5, 5.41) is 0. The fourth-order valence-corrected chi connectivity index (χ4v) is 2.16. The zero-order valence-corrected chi connectivity index (χ0v) is 12.4. The molecule has 1 heterocycles. The molecule has 0 radical (unpaired) electrons. The van der Waals surface area contributed by atoms with Gasteiger partial charge in [-0.25, -0.2) is 8.78 Å². The highest BCUT2D eigenvalue weighted by molar-refractivity contribution is 5.18. The molecule has 0 N–H and O–H groups in total. The minimum atomic E-state index is -5.95. The standard InChI is InChI=1S/C12H12F11NO/c1-5(2)9(14,12(21,22)23)8(13)24-3-6(10(15,16)17)25-7(4-24)11(18,19)20/h6-8H,1,3-4H2,2H3/t6?,7?,8?,9-/m1/s1. The largest absolute Gasteiger partial charge is 0.430 e. The normalized spacial score (nSPS) is 27.7. The summed E-state index contributed by atoms with van der Waals surface area (Å²) in [6.07, 6.45) is -27.2. The Morgan fingerprint density at radius 2 is 1.28 bits per heavy atom. The van der Waals surface area contributed by atoms with Gasteiger partial charge >= 0.3 is 18.5 Å². The second kappa shape index (κ2) is 6.56. The summed E-state index contributed by atoms with van der Waals surface area (Å²) in [6, 6.07) is 0. The van der Waals surface area contributed by atoms with E-state index in [1.165, 1.54) is 0 Å². The number of alkyl halides is 11. The van der Waals surface area contributed by atoms with Crippen LogP contribution in [0.4, 0.5) is 48.3 Å². The van der Waals surface area contributed by atoms with E-state index in [0.717, 1.165) is 0 Å². The predicted molar refractivity (Wildman–Crippen MR) is 61.9 cm³/mol. The highest BCUT2D eigenvalue weighted by atomic mass is 19.4. The quantitative estimate of drug-likeness (QED) is 0.401. The molecule has 3 unspecified atom stereocenters. The lowest BCUT2D eigenvalue weighted by Crippen LogP contribution is -2.64. The van der Waals surface area contributed by atoms with Crippen molar-refractivity contribution in [2.75, 3.05) is 13.1 Å². The molecule has 1 saturated heterocycles. The van der Waals surface area contributed by atoms with Crippen LogP contribution in [0.25, 0.3) is 0 Å². The fourth-order valence-electron chi connectivity index (χ4n) is 2.16. The van der Waals surface area contributed by atoms with Crippen molar-refractivity contribution in [1.82, 2.24) is 4.90 Å². The lowest BCUT2D eigenvalue weighted by molar-refractivity contribution is -0.322. The summed E-state index contributed by atoms with van der Waals surface area (Å²) in [4.78, 5) is -0.526. The van der Waals surface area contributed by atoms with Crippen LogP contribution in [0.2, 0.25) is 0 Å². The number of rotatable bonds is 3. The smallest absolute Gasteiger partial charge is 0.353 e. The number of ether oxygens (including phenoxy) is 1. The van der Waals surface area contributed by atoms with E-state index in [1.807, 2.05) is 0 Å². The van der Waals surface area contributed by atoms with E-state index in [9.17, 15) is 48.3 Å². The highest BCUT2D eigenvalue weighted by Crippen LogP contribution is 2.45. The van der Waals surface area contributed by atoms with E-state index < -0.39 is 66.3 Å². The van der Waals surface area contributed by atoms with Gasteiger partial charge in [-0.15, -0.1) is 0 Å². The molecule has 0 aromatic heterocycles. The van der Waals surface area contributed by atoms with Gasteiger partial charge in [-0.05, 0) is 12.5 Å². The minimum absolute atomic E-state index is 0.420. The topological polar surface area (TPSA) is 12.5 Å². The molecule has 0 aromatic rings. The minimum Gasteiger partial charge on any atom is -0.353 e. The number of halogens is 11. The van der Waals surface area contributed by atoms with Gasteiger partial charge in [-0.2, -0.15) is 39.5 Å². The van der Waals surface area contributed by atoms with Crippen LogP contribution >= 0.6 is 0 Å². The van der Waals surface area contributed by atoms with E-state index in [0.29, 0.717) is 6.92 Å². The molecule has 0 aromatic carbocycles. The van der Waals surface area contributed by atoms with Gasteiger partial charge in [0.1, 0.15) is 0 Å². The second-order valence-electron chi connectivity index (χ2n) is 5.48. The predicted octanol–water partition coefficient (Wildman–Crippen LogP) is 4.32. The van der Waals surface area contributed by atoms with E-state index in [4.69, 9.17) is 0 Å². The van der Waals surface area contributed by atoms with Crippen LogP contribution in [-0.4, -0.2) is 60.7 Å². The molecule has 0 bridgehead atoms. The molecular formula is C12H12F11NO. The molecule has 0 spiro atoms. The Bertz CT molecular complexity index is 475. The first-order chi connectivity index (χ1) is 10.9. The number of hydrogen-bond donors (Lipinski definition) is 0. The maximum absolute atomic E-state index is 14.2. The van der Waals surface area contributed by atoms with Crippen LogP contribution in [0.5, 0.6) is 0 Å². The van der Waals surface area contributed by atoms with Crippen molar-refractivity contribution in [2.45, 2.75) is 49.6 Å². The van der Waals surface area contributed by atoms with Crippen LogP contribution in [0.3, 0.4) is 0 Å². The Labute approximate surface area is 134 Å². The van der Waals surface area contributed by atoms with Gasteiger partial charge in [0.15, 0.2) is 12.2 Å². The summed E-state index contributed by atoms with van der Waals surface area (Å²) >= 11 is 0. The SMILES string of the molecule is C=C(C)[C@@](F)(C(F)N1CC(C(F)(F)F)OC(C(F)(F)F)C1)C(F)(F)F. The molecule has 1 aliphatic heterocycles. The van der Waals surface area contributed by atoms with E-state index in [2.05, 4.69) is 11.3 Å². The van der Waals surface area contributed by atoms with Crippen LogP contribution in [-0.2, 0) is 4.74 Å². The van der Waals surface area contributed by atoms with Gasteiger partial charge in [-0.3, -0.25) is 4.90 Å². The van der Waals surface area contributed by atoms with Gasteiger partial charge < -0.3 is 4.74 Å². The molecule has 0 aliphatic carbocycles. The number of morpholine rings is 1. The van der Waals surface area contributed by atoms with Crippen molar-refractivity contribution in [1.29, 1.82) is 0 Å². The number of nitrogens with zero attached hydrogens (tertiary/aromatic N) is 1. The van der Waals surface area contributed by atoms with Crippen LogP contribution in [0, 0.1) is 0 Å². The summed E-state index contributed by atoms with van der Waals surface area (Å²) < 4.78 is 147. The summed E-state index contributed by atoms with van der Waals surface area (Å²) in [5.41, 5.74) is -6.30. The third-order valence-corrected chi connectivity index (χ3v) is 3.54. The Morgan fingerprint density at radius 3 is 1.52 bits per heavy atom. The summed E-state index contributed by atoms with van der Waals surface area (Å²) in [6.45, 7) is -0.460. The van der Waals surface area contributed by atoms with Crippen molar-refractivity contribution in [2.24, 2.45) is 0 Å². The van der Waals surface area contributed by atoms with Crippen molar-refractivity contribution >= 4 is 0 Å². The maximum atomic E-state index is 14.2. The van der Waals surface area contributed by atoms with Crippen LogP contribution in [0.1, 0.15) is 6.92 Å². The highest BCUT2D eigenvalue weighted by Gasteiger charge is 2.66. The fraction of sp³-hybridized carbons (Fsp3) is 0.833. The van der Waals surface area contributed by atoms with E-state index in [1.54, 1.807) is 0 Å². The molecule has 1 aliphatic rings. The van der Waals surface area contributed by atoms with Crippen molar-refractivity contribution in [3.05, 3.63) is 12.2 Å². The molecule has 0 saturated carbocycles. The van der Waals surface area contributed by atoms with Gasteiger partial charge in [0.05, 0.1) is 0 Å². The number of hydrogen-bond acceptors (Lipinski definition) is 2. The van der Waals surface area contributed by atoms with Crippen LogP contribution in [0.15, 0.2) is 12.2 Å². The van der Waals surface area contributed by atoms with Gasteiger partial charge in [0, 0.05) is 13.1 Å². The zero-order chi connectivity index (χ0) is 20.0. The Hall–Kier alpha value is -1.11.